The molecule has 0 aliphatic rings. The van der Waals surface area contributed by atoms with Crippen molar-refractivity contribution >= 4 is 16.9 Å². The number of carbonyl (C=O) groups is 1. The molecular weight excluding hydrogens is 259 g/mol. The maximum Gasteiger partial charge on any atom is 0.335 e. The fraction of sp³-hybridized carbons (Fsp3) is 0.0625. The van der Waals surface area contributed by atoms with Gasteiger partial charge in [-0.2, -0.15) is 0 Å². The Morgan fingerprint density at radius 3 is 2.70 bits per heavy atom. The largest absolute Gasteiger partial charge is 0.478 e. The highest BCUT2D eigenvalue weighted by Gasteiger charge is 2.12. The topological polar surface area (TPSA) is 50.4 Å². The highest BCUT2D eigenvalue weighted by atomic mass is 19.1. The zero-order chi connectivity index (χ0) is 14.3. The van der Waals surface area contributed by atoms with Gasteiger partial charge in [-0.25, -0.2) is 9.18 Å². The van der Waals surface area contributed by atoms with Crippen LogP contribution in [-0.4, -0.2) is 11.1 Å². The van der Waals surface area contributed by atoms with Crippen molar-refractivity contribution in [1.29, 1.82) is 0 Å². The molecule has 0 saturated heterocycles. The summed E-state index contributed by atoms with van der Waals surface area (Å²) in [6.45, 7) is 1.74. The summed E-state index contributed by atoms with van der Waals surface area (Å²) < 4.78 is 18.8. The SMILES string of the molecule is Cc1ccc(-c2cc3cc(F)ccc3o2)cc1C(=O)O. The molecule has 4 heteroatoms. The van der Waals surface area contributed by atoms with Crippen molar-refractivity contribution in [2.45, 2.75) is 6.92 Å². The number of carboxylic acids is 1. The van der Waals surface area contributed by atoms with Gasteiger partial charge >= 0.3 is 5.97 Å². The standard InChI is InChI=1S/C16H11FO3/c1-9-2-3-10(7-13(9)16(18)19)15-8-11-6-12(17)4-5-14(11)20-15/h2-8H,1H3,(H,18,19). The van der Waals surface area contributed by atoms with E-state index in [4.69, 9.17) is 9.52 Å². The lowest BCUT2D eigenvalue weighted by atomic mass is 10.0. The maximum absolute atomic E-state index is 13.2. The van der Waals surface area contributed by atoms with Crippen molar-refractivity contribution in [3.05, 3.63) is 59.4 Å². The van der Waals surface area contributed by atoms with Gasteiger partial charge in [-0.3, -0.25) is 0 Å². The van der Waals surface area contributed by atoms with E-state index in [0.717, 1.165) is 0 Å². The molecule has 3 nitrogen and oxygen atoms in total. The number of rotatable bonds is 2. The summed E-state index contributed by atoms with van der Waals surface area (Å²) in [4.78, 5) is 11.1. The first-order valence-electron chi connectivity index (χ1n) is 6.08. The molecule has 0 bridgehead atoms. The second kappa shape index (κ2) is 4.49. The lowest BCUT2D eigenvalue weighted by Gasteiger charge is -2.03. The van der Waals surface area contributed by atoms with Crippen LogP contribution in [0.5, 0.6) is 0 Å². The van der Waals surface area contributed by atoms with E-state index in [2.05, 4.69) is 0 Å². The first-order chi connectivity index (χ1) is 9.54. The first-order valence-corrected chi connectivity index (χ1v) is 6.08. The Balaban J connectivity index is 2.15. The number of hydrogen-bond acceptors (Lipinski definition) is 2. The second-order valence-electron chi connectivity index (χ2n) is 4.63. The van der Waals surface area contributed by atoms with Gasteiger partial charge in [0.2, 0.25) is 0 Å². The number of benzene rings is 2. The predicted molar refractivity (Wildman–Crippen MR) is 73.3 cm³/mol. The Hall–Kier alpha value is -2.62. The molecular formula is C16H11FO3. The van der Waals surface area contributed by atoms with Gasteiger partial charge in [-0.15, -0.1) is 0 Å². The number of fused-ring (bicyclic) bond motifs is 1. The summed E-state index contributed by atoms with van der Waals surface area (Å²) in [6.07, 6.45) is 0. The summed E-state index contributed by atoms with van der Waals surface area (Å²) in [7, 11) is 0. The van der Waals surface area contributed by atoms with E-state index in [1.165, 1.54) is 12.1 Å². The van der Waals surface area contributed by atoms with Gasteiger partial charge < -0.3 is 9.52 Å². The quantitative estimate of drug-likeness (QED) is 0.757. The van der Waals surface area contributed by atoms with Gasteiger partial charge in [0.1, 0.15) is 17.2 Å². The monoisotopic (exact) mass is 270 g/mol. The van der Waals surface area contributed by atoms with Crippen molar-refractivity contribution in [2.75, 3.05) is 0 Å². The van der Waals surface area contributed by atoms with Gasteiger partial charge in [-0.1, -0.05) is 12.1 Å². The van der Waals surface area contributed by atoms with Crippen LogP contribution >= 0.6 is 0 Å². The van der Waals surface area contributed by atoms with Crippen molar-refractivity contribution in [2.24, 2.45) is 0 Å². The van der Waals surface area contributed by atoms with E-state index < -0.39 is 5.97 Å². The van der Waals surface area contributed by atoms with Crippen LogP contribution in [0.4, 0.5) is 4.39 Å². The third-order valence-corrected chi connectivity index (χ3v) is 3.23. The van der Waals surface area contributed by atoms with Crippen LogP contribution in [0.2, 0.25) is 0 Å². The lowest BCUT2D eigenvalue weighted by molar-refractivity contribution is 0.0696. The van der Waals surface area contributed by atoms with Crippen molar-refractivity contribution in [3.63, 3.8) is 0 Å². The van der Waals surface area contributed by atoms with Crippen LogP contribution in [0.15, 0.2) is 46.9 Å². The first kappa shape index (κ1) is 12.4. The van der Waals surface area contributed by atoms with E-state index in [1.54, 1.807) is 37.3 Å². The number of halogens is 1. The molecule has 1 aromatic heterocycles. The number of carboxylic acid groups (broad SMARTS) is 1. The molecule has 0 aliphatic heterocycles. The number of aryl methyl sites for hydroxylation is 1. The smallest absolute Gasteiger partial charge is 0.335 e. The number of furan rings is 1. The third kappa shape index (κ3) is 2.05. The Kier molecular flexibility index (Phi) is 2.79. The second-order valence-corrected chi connectivity index (χ2v) is 4.63. The zero-order valence-electron chi connectivity index (χ0n) is 10.7. The molecule has 3 aromatic rings. The van der Waals surface area contributed by atoms with Crippen LogP contribution in [0.25, 0.3) is 22.3 Å². The Labute approximate surface area is 114 Å². The fourth-order valence-corrected chi connectivity index (χ4v) is 2.16. The molecule has 0 radical (unpaired) electrons. The maximum atomic E-state index is 13.2. The normalized spacial score (nSPS) is 10.9. The summed E-state index contributed by atoms with van der Waals surface area (Å²) in [5.41, 5.74) is 2.14. The van der Waals surface area contributed by atoms with E-state index in [0.29, 0.717) is 27.9 Å². The van der Waals surface area contributed by atoms with Gasteiger partial charge in [0.25, 0.3) is 0 Å². The zero-order valence-corrected chi connectivity index (χ0v) is 10.7. The lowest BCUT2D eigenvalue weighted by Crippen LogP contribution is -1.99. The van der Waals surface area contributed by atoms with Crippen LogP contribution in [0.3, 0.4) is 0 Å². The molecule has 0 aliphatic carbocycles. The average molecular weight is 270 g/mol. The van der Waals surface area contributed by atoms with Gasteiger partial charge in [0, 0.05) is 10.9 Å². The van der Waals surface area contributed by atoms with Crippen molar-refractivity contribution in [3.8, 4) is 11.3 Å². The summed E-state index contributed by atoms with van der Waals surface area (Å²) in [5.74, 6) is -0.792. The minimum absolute atomic E-state index is 0.231. The predicted octanol–water partition coefficient (Wildman–Crippen LogP) is 4.25. The molecule has 0 fully saturated rings. The van der Waals surface area contributed by atoms with Crippen LogP contribution in [0, 0.1) is 12.7 Å². The van der Waals surface area contributed by atoms with E-state index >= 15 is 0 Å². The molecule has 0 spiro atoms. The van der Waals surface area contributed by atoms with E-state index in [9.17, 15) is 9.18 Å². The van der Waals surface area contributed by atoms with Crippen molar-refractivity contribution in [1.82, 2.24) is 0 Å². The fourth-order valence-electron chi connectivity index (χ4n) is 2.16. The molecule has 1 N–H and O–H groups in total. The van der Waals surface area contributed by atoms with Crippen LogP contribution in [0.1, 0.15) is 15.9 Å². The molecule has 2 aromatic carbocycles. The molecule has 20 heavy (non-hydrogen) atoms. The molecule has 0 amide bonds. The molecule has 0 unspecified atom stereocenters. The minimum atomic E-state index is -0.980. The Bertz CT molecular complexity index is 818. The van der Waals surface area contributed by atoms with Crippen molar-refractivity contribution < 1.29 is 18.7 Å². The Morgan fingerprint density at radius 2 is 1.95 bits per heavy atom. The molecule has 3 rings (SSSR count). The molecule has 0 saturated carbocycles. The van der Waals surface area contributed by atoms with Crippen LogP contribution in [-0.2, 0) is 0 Å². The highest BCUT2D eigenvalue weighted by molar-refractivity contribution is 5.91. The average Bonchev–Trinajstić information content (AvgIpc) is 2.81. The van der Waals surface area contributed by atoms with E-state index in [-0.39, 0.29) is 11.4 Å². The molecule has 0 atom stereocenters. The van der Waals surface area contributed by atoms with Crippen LogP contribution < -0.4 is 0 Å². The molecule has 1 heterocycles. The molecule has 100 valence electrons. The van der Waals surface area contributed by atoms with E-state index in [1.807, 2.05) is 0 Å². The number of hydrogen-bond donors (Lipinski definition) is 1. The summed E-state index contributed by atoms with van der Waals surface area (Å²) in [5, 5.41) is 9.78. The highest BCUT2D eigenvalue weighted by Crippen LogP contribution is 2.29. The number of aromatic carboxylic acids is 1. The van der Waals surface area contributed by atoms with Gasteiger partial charge in [0.05, 0.1) is 5.56 Å². The van der Waals surface area contributed by atoms with Gasteiger partial charge in [-0.05, 0) is 42.8 Å². The Morgan fingerprint density at radius 1 is 1.15 bits per heavy atom. The summed E-state index contributed by atoms with van der Waals surface area (Å²) in [6, 6.07) is 11.0. The third-order valence-electron chi connectivity index (χ3n) is 3.23. The minimum Gasteiger partial charge on any atom is -0.478 e. The van der Waals surface area contributed by atoms with Gasteiger partial charge in [0.15, 0.2) is 0 Å². The summed E-state index contributed by atoms with van der Waals surface area (Å²) >= 11 is 0.